The molecule has 1 amide bonds. The van der Waals surface area contributed by atoms with Gasteiger partial charge in [-0.25, -0.2) is 0 Å². The predicted molar refractivity (Wildman–Crippen MR) is 113 cm³/mol. The van der Waals surface area contributed by atoms with Crippen molar-refractivity contribution in [3.63, 3.8) is 0 Å². The van der Waals surface area contributed by atoms with Crippen LogP contribution in [0, 0.1) is 0 Å². The molecule has 1 saturated heterocycles. The van der Waals surface area contributed by atoms with E-state index in [9.17, 15) is 9.59 Å². The lowest BCUT2D eigenvalue weighted by Gasteiger charge is -2.32. The highest BCUT2D eigenvalue weighted by Crippen LogP contribution is 2.40. The molecule has 1 aromatic rings. The second-order valence-electron chi connectivity index (χ2n) is 9.30. The molecule has 2 heterocycles. The second-order valence-corrected chi connectivity index (χ2v) is 9.30. The maximum atomic E-state index is 12.7. The van der Waals surface area contributed by atoms with Gasteiger partial charge in [-0.05, 0) is 39.3 Å². The van der Waals surface area contributed by atoms with E-state index in [0.717, 1.165) is 31.9 Å². The molecule has 0 aromatic heterocycles. The molecule has 0 spiro atoms. The summed E-state index contributed by atoms with van der Waals surface area (Å²) in [7, 11) is 0. The number of carbonyl (C=O) groups is 2. The molecule has 0 bridgehead atoms. The summed E-state index contributed by atoms with van der Waals surface area (Å²) < 4.78 is 4.55. The van der Waals surface area contributed by atoms with Crippen molar-refractivity contribution in [1.82, 2.24) is 10.2 Å². The minimum absolute atomic E-state index is 0.0446. The fourth-order valence-electron chi connectivity index (χ4n) is 3.65. The molecule has 1 fully saturated rings. The number of nitrogens with zero attached hydrogens (tertiary/aromatic N) is 2. The Labute approximate surface area is 169 Å². The summed E-state index contributed by atoms with van der Waals surface area (Å²) in [5.74, 6) is 0.224. The number of anilines is 1. The van der Waals surface area contributed by atoms with E-state index in [-0.39, 0.29) is 16.9 Å². The van der Waals surface area contributed by atoms with Gasteiger partial charge < -0.3 is 15.0 Å². The molecule has 0 aliphatic carbocycles. The van der Waals surface area contributed by atoms with Crippen molar-refractivity contribution < 1.29 is 14.3 Å². The number of hydrogen-bond donors (Lipinski definition) is 1. The summed E-state index contributed by atoms with van der Waals surface area (Å²) in [4.78, 5) is 26.6. The van der Waals surface area contributed by atoms with E-state index in [2.05, 4.69) is 53.9 Å². The number of nitrogens with one attached hydrogen (secondary N) is 1. The number of para-hydroxylation sites is 1. The van der Waals surface area contributed by atoms with E-state index >= 15 is 0 Å². The summed E-state index contributed by atoms with van der Waals surface area (Å²) in [5.41, 5.74) is 2.10. The Morgan fingerprint density at radius 1 is 1.32 bits per heavy atom. The lowest BCUT2D eigenvalue weighted by Crippen LogP contribution is -2.52. The molecule has 1 aromatic carbocycles. The Balaban J connectivity index is 0.000000345. The zero-order valence-corrected chi connectivity index (χ0v) is 18.1. The Kier molecular flexibility index (Phi) is 7.23. The van der Waals surface area contributed by atoms with Crippen LogP contribution in [0.2, 0.25) is 0 Å². The summed E-state index contributed by atoms with van der Waals surface area (Å²) >= 11 is 0. The Morgan fingerprint density at radius 2 is 2.00 bits per heavy atom. The van der Waals surface area contributed by atoms with E-state index in [1.54, 1.807) is 0 Å². The van der Waals surface area contributed by atoms with Gasteiger partial charge in [0.15, 0.2) is 0 Å². The highest BCUT2D eigenvalue weighted by molar-refractivity contribution is 5.97. The van der Waals surface area contributed by atoms with Crippen molar-refractivity contribution in [2.24, 2.45) is 0 Å². The molecule has 6 nitrogen and oxygen atoms in total. The van der Waals surface area contributed by atoms with Gasteiger partial charge >= 0.3 is 0 Å². The van der Waals surface area contributed by atoms with Crippen molar-refractivity contribution in [2.75, 3.05) is 37.6 Å². The van der Waals surface area contributed by atoms with Gasteiger partial charge in [0.2, 0.25) is 5.91 Å². The summed E-state index contributed by atoms with van der Waals surface area (Å²) in [6, 6.07) is 8.77. The molecule has 28 heavy (non-hydrogen) atoms. The highest BCUT2D eigenvalue weighted by Gasteiger charge is 2.37. The number of carbonyl (C=O) groups excluding carboxylic acids is 2. The van der Waals surface area contributed by atoms with Gasteiger partial charge in [0.05, 0.1) is 6.54 Å². The van der Waals surface area contributed by atoms with Crippen LogP contribution < -0.4 is 10.2 Å². The third kappa shape index (κ3) is 6.04. The van der Waals surface area contributed by atoms with Crippen LogP contribution in [0.1, 0.15) is 47.1 Å². The second kappa shape index (κ2) is 9.05. The smallest absolute Gasteiger partial charge is 0.293 e. The number of amides is 1. The van der Waals surface area contributed by atoms with Crippen LogP contribution in [-0.2, 0) is 19.7 Å². The number of benzene rings is 1. The maximum Gasteiger partial charge on any atom is 0.293 e. The standard InChI is InChI=1S/C17H25N3O.C5H10O2/c1-13-10-19(9-8-18-13)11-16(21)20-12-17(2,3)14-6-4-5-7-15(14)20;1-5(2,3)7-4-6/h4-7,13,18H,8-12H2,1-3H3;4H,1-3H3. The molecule has 0 radical (unpaired) electrons. The topological polar surface area (TPSA) is 61.9 Å². The van der Waals surface area contributed by atoms with E-state index in [4.69, 9.17) is 0 Å². The molecule has 1 N–H and O–H groups in total. The normalized spacial score (nSPS) is 21.4. The minimum Gasteiger partial charge on any atom is -0.462 e. The van der Waals surface area contributed by atoms with Crippen molar-refractivity contribution >= 4 is 18.1 Å². The molecule has 6 heteroatoms. The highest BCUT2D eigenvalue weighted by atomic mass is 16.5. The van der Waals surface area contributed by atoms with Crippen LogP contribution in [0.4, 0.5) is 5.69 Å². The van der Waals surface area contributed by atoms with Crippen LogP contribution in [0.25, 0.3) is 0 Å². The van der Waals surface area contributed by atoms with Crippen molar-refractivity contribution in [1.29, 1.82) is 0 Å². The molecule has 3 rings (SSSR count). The predicted octanol–water partition coefficient (Wildman–Crippen LogP) is 2.56. The van der Waals surface area contributed by atoms with Gasteiger partial charge in [-0.2, -0.15) is 0 Å². The summed E-state index contributed by atoms with van der Waals surface area (Å²) in [6.45, 7) is 16.7. The third-order valence-corrected chi connectivity index (χ3v) is 4.99. The quantitative estimate of drug-likeness (QED) is 0.805. The summed E-state index contributed by atoms with van der Waals surface area (Å²) in [6.07, 6.45) is 0. The van der Waals surface area contributed by atoms with E-state index in [0.29, 0.717) is 19.1 Å². The van der Waals surface area contributed by atoms with Gasteiger partial charge in [-0.3, -0.25) is 14.5 Å². The van der Waals surface area contributed by atoms with Crippen molar-refractivity contribution in [2.45, 2.75) is 58.6 Å². The first-order valence-corrected chi connectivity index (χ1v) is 10.0. The Bertz CT molecular complexity index is 682. The average Bonchev–Trinajstić information content (AvgIpc) is 2.86. The fourth-order valence-corrected chi connectivity index (χ4v) is 3.65. The van der Waals surface area contributed by atoms with Gasteiger partial charge in [-0.15, -0.1) is 0 Å². The van der Waals surface area contributed by atoms with Gasteiger partial charge in [0.1, 0.15) is 5.60 Å². The van der Waals surface area contributed by atoms with E-state index in [1.165, 1.54) is 5.56 Å². The Hall–Kier alpha value is -1.92. The maximum absolute atomic E-state index is 12.7. The van der Waals surface area contributed by atoms with Crippen LogP contribution in [0.15, 0.2) is 24.3 Å². The van der Waals surface area contributed by atoms with Crippen molar-refractivity contribution in [3.05, 3.63) is 29.8 Å². The largest absolute Gasteiger partial charge is 0.462 e. The molecule has 0 saturated carbocycles. The molecule has 1 unspecified atom stereocenters. The van der Waals surface area contributed by atoms with E-state index < -0.39 is 0 Å². The fraction of sp³-hybridized carbons (Fsp3) is 0.636. The monoisotopic (exact) mass is 389 g/mol. The minimum atomic E-state index is -0.318. The molecule has 2 aliphatic rings. The number of fused-ring (bicyclic) bond motifs is 1. The summed E-state index contributed by atoms with van der Waals surface area (Å²) in [5, 5.41) is 3.42. The zero-order chi connectivity index (χ0) is 20.9. The lowest BCUT2D eigenvalue weighted by atomic mass is 9.87. The van der Waals surface area contributed by atoms with Gasteiger partial charge in [0.25, 0.3) is 6.47 Å². The average molecular weight is 390 g/mol. The number of ether oxygens (including phenoxy) is 1. The van der Waals surface area contributed by atoms with Crippen LogP contribution in [0.3, 0.4) is 0 Å². The van der Waals surface area contributed by atoms with E-state index in [1.807, 2.05) is 31.7 Å². The third-order valence-electron chi connectivity index (χ3n) is 4.99. The first-order valence-electron chi connectivity index (χ1n) is 10.0. The number of hydrogen-bond acceptors (Lipinski definition) is 5. The first kappa shape index (κ1) is 22.4. The number of piperazine rings is 1. The molecule has 2 aliphatic heterocycles. The van der Waals surface area contributed by atoms with Gasteiger partial charge in [-0.1, -0.05) is 32.0 Å². The SMILES string of the molecule is CC(C)(C)OC=O.CC1CN(CC(=O)N2CC(C)(C)c3ccccc32)CCN1. The molecular weight excluding hydrogens is 354 g/mol. The molecule has 1 atom stereocenters. The lowest BCUT2D eigenvalue weighted by molar-refractivity contribution is -0.138. The zero-order valence-electron chi connectivity index (χ0n) is 18.1. The van der Waals surface area contributed by atoms with Crippen LogP contribution >= 0.6 is 0 Å². The van der Waals surface area contributed by atoms with Crippen LogP contribution in [-0.4, -0.2) is 61.6 Å². The van der Waals surface area contributed by atoms with Gasteiger partial charge in [0, 0.05) is 43.3 Å². The molecular formula is C22H35N3O3. The first-order chi connectivity index (χ1) is 13.0. The van der Waals surface area contributed by atoms with Crippen molar-refractivity contribution in [3.8, 4) is 0 Å². The Morgan fingerprint density at radius 3 is 2.57 bits per heavy atom. The molecule has 156 valence electrons. The van der Waals surface area contributed by atoms with Crippen LogP contribution in [0.5, 0.6) is 0 Å². The number of rotatable bonds is 3.